The fourth-order valence-electron chi connectivity index (χ4n) is 5.22. The average molecular weight is 613 g/mol. The highest BCUT2D eigenvalue weighted by molar-refractivity contribution is 7.84. The Morgan fingerprint density at radius 2 is 1.62 bits per heavy atom. The summed E-state index contributed by atoms with van der Waals surface area (Å²) in [5, 5.41) is 19.9. The van der Waals surface area contributed by atoms with Gasteiger partial charge in [0.15, 0.2) is 0 Å². The lowest BCUT2D eigenvalue weighted by Gasteiger charge is -2.43. The Labute approximate surface area is 243 Å². The highest BCUT2D eigenvalue weighted by atomic mass is 32.2. The summed E-state index contributed by atoms with van der Waals surface area (Å²) in [7, 11) is -1.49. The number of unbranched alkanes of at least 4 members (excludes halogenated alkanes) is 1. The predicted molar refractivity (Wildman–Crippen MR) is 150 cm³/mol. The molecule has 4 rings (SSSR count). The first-order valence-electron chi connectivity index (χ1n) is 13.6. The topological polar surface area (TPSA) is 76.0 Å². The second-order valence-electron chi connectivity index (χ2n) is 10.7. The molecule has 42 heavy (non-hydrogen) atoms. The average Bonchev–Trinajstić information content (AvgIpc) is 2.92. The van der Waals surface area contributed by atoms with E-state index in [9.17, 15) is 36.4 Å². The minimum Gasteiger partial charge on any atom is -0.508 e. The molecular weight excluding hydrogens is 579 g/mol. The molecule has 3 aromatic rings. The minimum atomic E-state index is -5.59. The van der Waals surface area contributed by atoms with Gasteiger partial charge in [0, 0.05) is 51.7 Å². The number of rotatable bonds is 12. The van der Waals surface area contributed by atoms with Crippen molar-refractivity contribution in [2.45, 2.75) is 56.0 Å². The van der Waals surface area contributed by atoms with Gasteiger partial charge < -0.3 is 19.7 Å². The molecule has 0 saturated carbocycles. The molecule has 0 aliphatic carbocycles. The number of hydrogen-bond acceptors (Lipinski definition) is 5. The number of halogens is 5. The zero-order valence-corrected chi connectivity index (χ0v) is 23.8. The van der Waals surface area contributed by atoms with Crippen LogP contribution >= 0.6 is 0 Å². The summed E-state index contributed by atoms with van der Waals surface area (Å²) in [6, 6.07) is 19.7. The van der Waals surface area contributed by atoms with E-state index in [1.165, 1.54) is 0 Å². The molecule has 1 aliphatic heterocycles. The third-order valence-electron chi connectivity index (χ3n) is 7.50. The molecule has 3 unspecified atom stereocenters. The van der Waals surface area contributed by atoms with E-state index in [-0.39, 0.29) is 28.9 Å². The molecule has 0 aromatic heterocycles. The first-order valence-corrected chi connectivity index (χ1v) is 15.1. The van der Waals surface area contributed by atoms with Gasteiger partial charge >= 0.3 is 12.1 Å². The van der Waals surface area contributed by atoms with E-state index in [1.807, 2.05) is 42.5 Å². The molecule has 0 radical (unpaired) electrons. The lowest BCUT2D eigenvalue weighted by molar-refractivity contribution is -0.284. The minimum absolute atomic E-state index is 0.0954. The van der Waals surface area contributed by atoms with Crippen LogP contribution < -0.4 is 9.47 Å². The largest absolute Gasteiger partial charge is 0.508 e. The van der Waals surface area contributed by atoms with Gasteiger partial charge in [0.1, 0.15) is 23.0 Å². The summed E-state index contributed by atoms with van der Waals surface area (Å²) >= 11 is 0. The number of aromatic hydroxyl groups is 2. The van der Waals surface area contributed by atoms with Crippen LogP contribution in [0.25, 0.3) is 0 Å². The SMILES string of the molecule is CC1(c2ccc(O)cc2)COc2cc(O)ccc2C1c1cccc(OCCCCS(=O)CCCC(F)(F)C(F)(F)F)c1. The van der Waals surface area contributed by atoms with Crippen molar-refractivity contribution in [3.63, 3.8) is 0 Å². The standard InChI is InChI=1S/C31H33F5O5S/c1-29(22-8-10-23(37)11-9-22)20-41-27-19-24(38)12-13-26(27)28(29)21-6-4-7-25(18-21)40-15-2-3-16-42(39)17-5-14-30(32,33)31(34,35)36/h4,6-13,18-19,28,37-38H,2-3,5,14-17,20H2,1H3. The Morgan fingerprint density at radius 1 is 0.929 bits per heavy atom. The van der Waals surface area contributed by atoms with Gasteiger partial charge in [-0.15, -0.1) is 0 Å². The Kier molecular flexibility index (Phi) is 9.70. The number of fused-ring (bicyclic) bond motifs is 1. The van der Waals surface area contributed by atoms with E-state index in [2.05, 4.69) is 6.92 Å². The van der Waals surface area contributed by atoms with Crippen molar-refractivity contribution in [3.8, 4) is 23.0 Å². The van der Waals surface area contributed by atoms with Gasteiger partial charge in [-0.2, -0.15) is 22.0 Å². The van der Waals surface area contributed by atoms with Crippen molar-refractivity contribution in [2.24, 2.45) is 0 Å². The number of benzene rings is 3. The quantitative estimate of drug-likeness (QED) is 0.164. The zero-order chi connectivity index (χ0) is 30.5. The van der Waals surface area contributed by atoms with Crippen LogP contribution in [0.2, 0.25) is 0 Å². The van der Waals surface area contributed by atoms with Gasteiger partial charge in [0.2, 0.25) is 0 Å². The van der Waals surface area contributed by atoms with Crippen LogP contribution in [0.4, 0.5) is 22.0 Å². The molecule has 0 spiro atoms. The number of phenolic OH excluding ortho intramolecular Hbond substituents is 2. The van der Waals surface area contributed by atoms with Crippen molar-refractivity contribution in [1.82, 2.24) is 0 Å². The third-order valence-corrected chi connectivity index (χ3v) is 8.99. The predicted octanol–water partition coefficient (Wildman–Crippen LogP) is 7.47. The number of alkyl halides is 5. The van der Waals surface area contributed by atoms with Gasteiger partial charge in [0.05, 0.1) is 13.2 Å². The Bertz CT molecular complexity index is 1380. The van der Waals surface area contributed by atoms with Gasteiger partial charge in [-0.05, 0) is 60.7 Å². The fourth-order valence-corrected chi connectivity index (χ4v) is 6.41. The Balaban J connectivity index is 1.38. The lowest BCUT2D eigenvalue weighted by atomic mass is 9.65. The summed E-state index contributed by atoms with van der Waals surface area (Å²) < 4.78 is 86.9. The number of phenols is 2. The molecule has 0 saturated heterocycles. The molecule has 0 amide bonds. The highest BCUT2D eigenvalue weighted by Crippen LogP contribution is 2.51. The summed E-state index contributed by atoms with van der Waals surface area (Å²) in [6.07, 6.45) is -6.44. The van der Waals surface area contributed by atoms with Crippen molar-refractivity contribution in [1.29, 1.82) is 0 Å². The van der Waals surface area contributed by atoms with Crippen molar-refractivity contribution >= 4 is 10.8 Å². The molecule has 5 nitrogen and oxygen atoms in total. The molecule has 1 heterocycles. The van der Waals surface area contributed by atoms with Crippen LogP contribution in [-0.4, -0.2) is 51.2 Å². The maximum absolute atomic E-state index is 13.0. The normalized spacial score (nSPS) is 19.5. The van der Waals surface area contributed by atoms with Crippen molar-refractivity contribution in [3.05, 3.63) is 83.4 Å². The Morgan fingerprint density at radius 3 is 2.33 bits per heavy atom. The van der Waals surface area contributed by atoms with E-state index in [1.54, 1.807) is 24.3 Å². The summed E-state index contributed by atoms with van der Waals surface area (Å²) in [6.45, 7) is 2.72. The second-order valence-corrected chi connectivity index (χ2v) is 12.4. The van der Waals surface area contributed by atoms with E-state index in [0.29, 0.717) is 37.6 Å². The second kappa shape index (κ2) is 12.9. The molecule has 228 valence electrons. The summed E-state index contributed by atoms with van der Waals surface area (Å²) in [5.74, 6) is -3.52. The van der Waals surface area contributed by atoms with Gasteiger partial charge in [0.25, 0.3) is 0 Å². The first-order chi connectivity index (χ1) is 19.8. The van der Waals surface area contributed by atoms with E-state index in [4.69, 9.17) is 9.47 Å². The lowest BCUT2D eigenvalue weighted by Crippen LogP contribution is -2.40. The van der Waals surface area contributed by atoms with Gasteiger partial charge in [-0.25, -0.2) is 0 Å². The van der Waals surface area contributed by atoms with Crippen LogP contribution in [0.1, 0.15) is 55.2 Å². The third kappa shape index (κ3) is 7.35. The van der Waals surface area contributed by atoms with E-state index < -0.39 is 41.2 Å². The molecule has 0 fully saturated rings. The van der Waals surface area contributed by atoms with Gasteiger partial charge in [-0.3, -0.25) is 4.21 Å². The van der Waals surface area contributed by atoms with Crippen LogP contribution in [-0.2, 0) is 16.2 Å². The maximum Gasteiger partial charge on any atom is 0.453 e. The molecule has 3 aromatic carbocycles. The first kappa shape index (κ1) is 31.6. The van der Waals surface area contributed by atoms with Crippen molar-refractivity contribution < 1.29 is 45.8 Å². The number of ether oxygens (including phenoxy) is 2. The van der Waals surface area contributed by atoms with Crippen molar-refractivity contribution in [2.75, 3.05) is 24.7 Å². The molecule has 2 N–H and O–H groups in total. The van der Waals surface area contributed by atoms with E-state index >= 15 is 0 Å². The molecule has 3 atom stereocenters. The molecule has 11 heteroatoms. The van der Waals surface area contributed by atoms with Crippen LogP contribution in [0.5, 0.6) is 23.0 Å². The maximum atomic E-state index is 13.0. The number of hydrogen-bond donors (Lipinski definition) is 2. The van der Waals surface area contributed by atoms with Crippen LogP contribution in [0.3, 0.4) is 0 Å². The fraction of sp³-hybridized carbons (Fsp3) is 0.419. The molecule has 0 bridgehead atoms. The summed E-state index contributed by atoms with van der Waals surface area (Å²) in [4.78, 5) is 0. The van der Waals surface area contributed by atoms with Gasteiger partial charge in [-0.1, -0.05) is 37.3 Å². The monoisotopic (exact) mass is 612 g/mol. The molecule has 1 aliphatic rings. The summed E-state index contributed by atoms with van der Waals surface area (Å²) in [5.41, 5.74) is 2.28. The van der Waals surface area contributed by atoms with E-state index in [0.717, 1.165) is 16.7 Å². The smallest absolute Gasteiger partial charge is 0.453 e. The Hall–Kier alpha value is -3.34. The van der Waals surface area contributed by atoms with Crippen LogP contribution in [0.15, 0.2) is 66.7 Å². The molecular formula is C31H33F5O5S. The zero-order valence-electron chi connectivity index (χ0n) is 23.0. The van der Waals surface area contributed by atoms with Crippen LogP contribution in [0, 0.1) is 0 Å². The highest BCUT2D eigenvalue weighted by Gasteiger charge is 2.56.